The van der Waals surface area contributed by atoms with Crippen LogP contribution in [0.4, 0.5) is 0 Å². The zero-order valence-corrected chi connectivity index (χ0v) is 16.8. The molecule has 1 saturated heterocycles. The fourth-order valence-electron chi connectivity index (χ4n) is 3.52. The third kappa shape index (κ3) is 4.35. The number of hydrogen-bond donors (Lipinski definition) is 1. The smallest absolute Gasteiger partial charge is 0.337 e. The number of nitrogens with zero attached hydrogens (tertiary/aromatic N) is 4. The fourth-order valence-corrected chi connectivity index (χ4v) is 3.52. The molecule has 2 aromatic heterocycles. The highest BCUT2D eigenvalue weighted by Gasteiger charge is 2.32. The lowest BCUT2D eigenvalue weighted by molar-refractivity contribution is -0.140. The van der Waals surface area contributed by atoms with Crippen molar-refractivity contribution in [3.8, 4) is 11.3 Å². The van der Waals surface area contributed by atoms with Gasteiger partial charge >= 0.3 is 5.97 Å². The molecule has 1 amide bonds. The largest absolute Gasteiger partial charge is 0.478 e. The van der Waals surface area contributed by atoms with Crippen LogP contribution in [0.5, 0.6) is 0 Å². The van der Waals surface area contributed by atoms with Crippen LogP contribution in [0.25, 0.3) is 11.3 Å². The second-order valence-corrected chi connectivity index (χ2v) is 8.33. The number of pyridine rings is 1. The second-order valence-electron chi connectivity index (χ2n) is 8.33. The molecule has 1 aliphatic heterocycles. The van der Waals surface area contributed by atoms with Crippen LogP contribution in [0.1, 0.15) is 61.4 Å². The maximum Gasteiger partial charge on any atom is 0.337 e. The van der Waals surface area contributed by atoms with Gasteiger partial charge in [-0.25, -0.2) is 14.8 Å². The summed E-state index contributed by atoms with van der Waals surface area (Å²) in [4.78, 5) is 38.9. The van der Waals surface area contributed by atoms with Crippen molar-refractivity contribution in [3.05, 3.63) is 41.6 Å². The number of rotatable bonds is 3. The van der Waals surface area contributed by atoms with E-state index < -0.39 is 11.4 Å². The summed E-state index contributed by atoms with van der Waals surface area (Å²) < 4.78 is 0. The Labute approximate surface area is 164 Å². The number of amides is 1. The molecule has 28 heavy (non-hydrogen) atoms. The number of likely N-dealkylation sites (tertiary alicyclic amines) is 1. The van der Waals surface area contributed by atoms with E-state index in [0.717, 1.165) is 25.1 Å². The molecule has 148 valence electrons. The SMILES string of the molecule is Cc1nc(-c2cncc(C(=O)O)c2)cc(C2CCCN(C(=O)C(C)(C)C)C2)n1. The normalized spacial score (nSPS) is 17.4. The molecule has 1 N–H and O–H groups in total. The van der Waals surface area contributed by atoms with Crippen LogP contribution in [0, 0.1) is 12.3 Å². The van der Waals surface area contributed by atoms with Crippen molar-refractivity contribution in [2.45, 2.75) is 46.5 Å². The van der Waals surface area contributed by atoms with Crippen molar-refractivity contribution < 1.29 is 14.7 Å². The highest BCUT2D eigenvalue weighted by atomic mass is 16.4. The molecule has 0 saturated carbocycles. The fraction of sp³-hybridized carbons (Fsp3) is 0.476. The summed E-state index contributed by atoms with van der Waals surface area (Å²) >= 11 is 0. The van der Waals surface area contributed by atoms with Crippen LogP contribution in [-0.4, -0.2) is 49.9 Å². The summed E-state index contributed by atoms with van der Waals surface area (Å²) in [6.45, 7) is 9.05. The monoisotopic (exact) mass is 382 g/mol. The van der Waals surface area contributed by atoms with Crippen molar-refractivity contribution in [1.29, 1.82) is 0 Å². The lowest BCUT2D eigenvalue weighted by Gasteiger charge is -2.36. The van der Waals surface area contributed by atoms with Gasteiger partial charge in [0, 0.05) is 48.1 Å². The minimum absolute atomic E-state index is 0.120. The molecule has 0 aromatic carbocycles. The molecule has 1 unspecified atom stereocenters. The van der Waals surface area contributed by atoms with Crippen LogP contribution in [0.15, 0.2) is 24.5 Å². The topological polar surface area (TPSA) is 96.3 Å². The maximum absolute atomic E-state index is 12.7. The Bertz CT molecular complexity index is 905. The van der Waals surface area contributed by atoms with Crippen molar-refractivity contribution in [3.63, 3.8) is 0 Å². The Hall–Kier alpha value is -2.83. The Morgan fingerprint density at radius 1 is 1.18 bits per heavy atom. The van der Waals surface area contributed by atoms with Crippen molar-refractivity contribution >= 4 is 11.9 Å². The van der Waals surface area contributed by atoms with E-state index in [4.69, 9.17) is 0 Å². The molecule has 0 bridgehead atoms. The van der Waals surface area contributed by atoms with E-state index in [1.807, 2.05) is 38.7 Å². The van der Waals surface area contributed by atoms with E-state index in [1.54, 1.807) is 12.3 Å². The summed E-state index contributed by atoms with van der Waals surface area (Å²) in [5, 5.41) is 9.21. The van der Waals surface area contributed by atoms with Crippen LogP contribution < -0.4 is 0 Å². The van der Waals surface area contributed by atoms with Gasteiger partial charge in [0.05, 0.1) is 11.3 Å². The molecule has 0 spiro atoms. The first-order valence-electron chi connectivity index (χ1n) is 9.49. The summed E-state index contributed by atoms with van der Waals surface area (Å²) in [5.74, 6) is -0.117. The molecule has 3 heterocycles. The van der Waals surface area contributed by atoms with Gasteiger partial charge in [-0.1, -0.05) is 20.8 Å². The van der Waals surface area contributed by atoms with E-state index >= 15 is 0 Å². The highest BCUT2D eigenvalue weighted by Crippen LogP contribution is 2.30. The van der Waals surface area contributed by atoms with E-state index in [-0.39, 0.29) is 17.4 Å². The number of aryl methyl sites for hydroxylation is 1. The lowest BCUT2D eigenvalue weighted by atomic mass is 9.89. The predicted molar refractivity (Wildman–Crippen MR) is 105 cm³/mol. The minimum Gasteiger partial charge on any atom is -0.478 e. The Morgan fingerprint density at radius 2 is 1.93 bits per heavy atom. The molecular formula is C21H26N4O3. The van der Waals surface area contributed by atoms with Gasteiger partial charge in [0.15, 0.2) is 0 Å². The van der Waals surface area contributed by atoms with E-state index in [2.05, 4.69) is 15.0 Å². The molecular weight excluding hydrogens is 356 g/mol. The quantitative estimate of drug-likeness (QED) is 0.875. The number of carbonyl (C=O) groups excluding carboxylic acids is 1. The third-order valence-corrected chi connectivity index (χ3v) is 4.91. The number of carboxylic acid groups (broad SMARTS) is 1. The summed E-state index contributed by atoms with van der Waals surface area (Å²) in [7, 11) is 0. The van der Waals surface area contributed by atoms with Gasteiger partial charge in [-0.05, 0) is 31.9 Å². The molecule has 3 rings (SSSR count). The number of carbonyl (C=O) groups is 2. The Balaban J connectivity index is 1.90. The summed E-state index contributed by atoms with van der Waals surface area (Å²) in [6, 6.07) is 3.46. The van der Waals surface area contributed by atoms with Crippen LogP contribution >= 0.6 is 0 Å². The highest BCUT2D eigenvalue weighted by molar-refractivity contribution is 5.88. The zero-order chi connectivity index (χ0) is 20.5. The average molecular weight is 382 g/mol. The number of aromatic carboxylic acids is 1. The molecule has 0 aliphatic carbocycles. The maximum atomic E-state index is 12.7. The molecule has 1 atom stereocenters. The molecule has 2 aromatic rings. The van der Waals surface area contributed by atoms with Gasteiger partial charge in [0.1, 0.15) is 5.82 Å². The minimum atomic E-state index is -1.02. The van der Waals surface area contributed by atoms with Gasteiger partial charge in [0.2, 0.25) is 5.91 Å². The van der Waals surface area contributed by atoms with E-state index in [1.165, 1.54) is 6.20 Å². The first-order valence-corrected chi connectivity index (χ1v) is 9.49. The van der Waals surface area contributed by atoms with E-state index in [0.29, 0.717) is 23.6 Å². The van der Waals surface area contributed by atoms with Crippen molar-refractivity contribution in [1.82, 2.24) is 19.9 Å². The first kappa shape index (κ1) is 19.9. The number of hydrogen-bond acceptors (Lipinski definition) is 5. The Kier molecular flexibility index (Phi) is 5.45. The number of carboxylic acids is 1. The number of piperidine rings is 1. The molecule has 1 aliphatic rings. The standard InChI is InChI=1S/C21H26N4O3/c1-13-23-17(14-6-5-7-25(12-14)20(28)21(2,3)4)9-18(24-13)15-8-16(19(26)27)11-22-10-15/h8-11,14H,5-7,12H2,1-4H3,(H,26,27). The van der Waals surface area contributed by atoms with Crippen LogP contribution in [-0.2, 0) is 4.79 Å². The van der Waals surface area contributed by atoms with Gasteiger partial charge in [-0.3, -0.25) is 9.78 Å². The van der Waals surface area contributed by atoms with Crippen molar-refractivity contribution in [2.75, 3.05) is 13.1 Å². The second kappa shape index (κ2) is 7.66. The first-order chi connectivity index (χ1) is 13.1. The third-order valence-electron chi connectivity index (χ3n) is 4.91. The van der Waals surface area contributed by atoms with Gasteiger partial charge in [-0.2, -0.15) is 0 Å². The molecule has 7 nitrogen and oxygen atoms in total. The molecule has 7 heteroatoms. The molecule has 1 fully saturated rings. The van der Waals surface area contributed by atoms with E-state index in [9.17, 15) is 14.7 Å². The molecule has 0 radical (unpaired) electrons. The van der Waals surface area contributed by atoms with Gasteiger partial charge in [-0.15, -0.1) is 0 Å². The van der Waals surface area contributed by atoms with Crippen LogP contribution in [0.3, 0.4) is 0 Å². The van der Waals surface area contributed by atoms with Gasteiger partial charge in [0.25, 0.3) is 0 Å². The van der Waals surface area contributed by atoms with Crippen LogP contribution in [0.2, 0.25) is 0 Å². The predicted octanol–water partition coefficient (Wildman–Crippen LogP) is 3.30. The lowest BCUT2D eigenvalue weighted by Crippen LogP contribution is -2.44. The summed E-state index contributed by atoms with van der Waals surface area (Å²) in [6.07, 6.45) is 4.81. The Morgan fingerprint density at radius 3 is 2.61 bits per heavy atom. The average Bonchev–Trinajstić information content (AvgIpc) is 2.66. The summed E-state index contributed by atoms with van der Waals surface area (Å²) in [5.41, 5.74) is 1.89. The number of aromatic nitrogens is 3. The van der Waals surface area contributed by atoms with Crippen molar-refractivity contribution in [2.24, 2.45) is 5.41 Å². The zero-order valence-electron chi connectivity index (χ0n) is 16.8. The van der Waals surface area contributed by atoms with Gasteiger partial charge < -0.3 is 10.0 Å².